The van der Waals surface area contributed by atoms with Gasteiger partial charge in [0.1, 0.15) is 11.5 Å². The zero-order valence-electron chi connectivity index (χ0n) is 16.1. The second-order valence-corrected chi connectivity index (χ2v) is 6.10. The third-order valence-corrected chi connectivity index (χ3v) is 3.97. The number of carbonyl (C=O) groups excluding carboxylic acids is 1. The molecule has 0 spiro atoms. The molecule has 0 heterocycles. The Kier molecular flexibility index (Phi) is 8.90. The van der Waals surface area contributed by atoms with E-state index >= 15 is 0 Å². The van der Waals surface area contributed by atoms with Gasteiger partial charge >= 0.3 is 0 Å². The molecule has 5 heteroatoms. The van der Waals surface area contributed by atoms with Crippen molar-refractivity contribution in [2.24, 2.45) is 5.10 Å². The molecule has 27 heavy (non-hydrogen) atoms. The number of rotatable bonds is 11. The number of benzene rings is 2. The van der Waals surface area contributed by atoms with Gasteiger partial charge < -0.3 is 9.47 Å². The maximum Gasteiger partial charge on any atom is 0.271 e. The lowest BCUT2D eigenvalue weighted by Gasteiger charge is -2.07. The molecule has 0 bridgehead atoms. The van der Waals surface area contributed by atoms with Gasteiger partial charge in [0.05, 0.1) is 19.4 Å². The summed E-state index contributed by atoms with van der Waals surface area (Å²) >= 11 is 0. The Morgan fingerprint density at radius 2 is 1.78 bits per heavy atom. The summed E-state index contributed by atoms with van der Waals surface area (Å²) in [6, 6.07) is 14.6. The van der Waals surface area contributed by atoms with Crippen LogP contribution in [0.25, 0.3) is 0 Å². The van der Waals surface area contributed by atoms with Crippen LogP contribution in [-0.4, -0.2) is 25.3 Å². The van der Waals surface area contributed by atoms with E-state index in [9.17, 15) is 4.79 Å². The fourth-order valence-corrected chi connectivity index (χ4v) is 2.52. The predicted molar refractivity (Wildman–Crippen MR) is 109 cm³/mol. The minimum atomic E-state index is -0.269. The van der Waals surface area contributed by atoms with Gasteiger partial charge in [-0.3, -0.25) is 4.79 Å². The van der Waals surface area contributed by atoms with Crippen molar-refractivity contribution < 1.29 is 14.3 Å². The molecule has 2 rings (SSSR count). The van der Waals surface area contributed by atoms with Crippen molar-refractivity contribution in [1.29, 1.82) is 0 Å². The first-order valence-electron chi connectivity index (χ1n) is 9.52. The SMILES string of the molecule is CCCCCCOc1ccc(C(=O)N/N=C/c2ccccc2OCC)cc1. The molecule has 0 atom stereocenters. The molecule has 0 aliphatic rings. The van der Waals surface area contributed by atoms with E-state index < -0.39 is 0 Å². The van der Waals surface area contributed by atoms with Crippen LogP contribution in [0.15, 0.2) is 53.6 Å². The average molecular weight is 368 g/mol. The van der Waals surface area contributed by atoms with Crippen molar-refractivity contribution in [2.75, 3.05) is 13.2 Å². The average Bonchev–Trinajstić information content (AvgIpc) is 2.70. The molecule has 0 saturated carbocycles. The molecule has 0 aliphatic heterocycles. The van der Waals surface area contributed by atoms with Gasteiger partial charge in [-0.15, -0.1) is 0 Å². The summed E-state index contributed by atoms with van der Waals surface area (Å²) in [6.45, 7) is 5.39. The monoisotopic (exact) mass is 368 g/mol. The molecule has 2 aromatic rings. The van der Waals surface area contributed by atoms with Crippen LogP contribution in [-0.2, 0) is 0 Å². The van der Waals surface area contributed by atoms with Crippen molar-refractivity contribution in [2.45, 2.75) is 39.5 Å². The van der Waals surface area contributed by atoms with Gasteiger partial charge in [0.25, 0.3) is 5.91 Å². The van der Waals surface area contributed by atoms with Gasteiger partial charge in [-0.2, -0.15) is 5.10 Å². The van der Waals surface area contributed by atoms with Gasteiger partial charge in [-0.25, -0.2) is 5.43 Å². The highest BCUT2D eigenvalue weighted by Gasteiger charge is 2.05. The van der Waals surface area contributed by atoms with Gasteiger partial charge in [-0.05, 0) is 49.7 Å². The highest BCUT2D eigenvalue weighted by atomic mass is 16.5. The number of hydrogen-bond acceptors (Lipinski definition) is 4. The molecule has 0 radical (unpaired) electrons. The van der Waals surface area contributed by atoms with E-state index in [4.69, 9.17) is 9.47 Å². The number of nitrogens with one attached hydrogen (secondary N) is 1. The van der Waals surface area contributed by atoms with E-state index in [2.05, 4.69) is 17.5 Å². The molecular formula is C22H28N2O3. The fraction of sp³-hybridized carbons (Fsp3) is 0.364. The number of unbranched alkanes of at least 4 members (excludes halogenated alkanes) is 3. The maximum atomic E-state index is 12.2. The third-order valence-electron chi connectivity index (χ3n) is 3.97. The quantitative estimate of drug-likeness (QED) is 0.352. The van der Waals surface area contributed by atoms with E-state index in [1.165, 1.54) is 19.3 Å². The second kappa shape index (κ2) is 11.7. The largest absolute Gasteiger partial charge is 0.494 e. The van der Waals surface area contributed by atoms with Gasteiger partial charge in [-0.1, -0.05) is 38.3 Å². The zero-order chi connectivity index (χ0) is 19.3. The van der Waals surface area contributed by atoms with Crippen LogP contribution in [0.5, 0.6) is 11.5 Å². The first-order valence-corrected chi connectivity index (χ1v) is 9.52. The number of nitrogens with zero attached hydrogens (tertiary/aromatic N) is 1. The number of amides is 1. The van der Waals surface area contributed by atoms with E-state index in [1.807, 2.05) is 43.3 Å². The first kappa shape index (κ1) is 20.5. The standard InChI is InChI=1S/C22H28N2O3/c1-3-5-6-9-16-27-20-14-12-18(13-15-20)22(25)24-23-17-19-10-7-8-11-21(19)26-4-2/h7-8,10-15,17H,3-6,9,16H2,1-2H3,(H,24,25)/b23-17+. The number of para-hydroxylation sites is 1. The van der Waals surface area contributed by atoms with Crippen molar-refractivity contribution in [3.05, 3.63) is 59.7 Å². The molecule has 0 aliphatic carbocycles. The van der Waals surface area contributed by atoms with Crippen molar-refractivity contribution in [3.8, 4) is 11.5 Å². The summed E-state index contributed by atoms with van der Waals surface area (Å²) < 4.78 is 11.2. The predicted octanol–water partition coefficient (Wildman–Crippen LogP) is 4.81. The van der Waals surface area contributed by atoms with Crippen LogP contribution < -0.4 is 14.9 Å². The summed E-state index contributed by atoms with van der Waals surface area (Å²) in [7, 11) is 0. The number of hydrogen-bond donors (Lipinski definition) is 1. The molecule has 0 fully saturated rings. The number of carbonyl (C=O) groups is 1. The summed E-state index contributed by atoms with van der Waals surface area (Å²) in [5, 5.41) is 4.03. The minimum Gasteiger partial charge on any atom is -0.494 e. The van der Waals surface area contributed by atoms with Crippen molar-refractivity contribution in [3.63, 3.8) is 0 Å². The Labute approximate surface area is 161 Å². The molecule has 144 valence electrons. The van der Waals surface area contributed by atoms with Crippen LogP contribution in [0.4, 0.5) is 0 Å². The Morgan fingerprint density at radius 1 is 1.00 bits per heavy atom. The summed E-state index contributed by atoms with van der Waals surface area (Å²) in [5.74, 6) is 1.24. The lowest BCUT2D eigenvalue weighted by Crippen LogP contribution is -2.17. The summed E-state index contributed by atoms with van der Waals surface area (Å²) in [6.07, 6.45) is 6.26. The molecule has 0 unspecified atom stereocenters. The lowest BCUT2D eigenvalue weighted by molar-refractivity contribution is 0.0955. The van der Waals surface area contributed by atoms with Gasteiger partial charge in [0.15, 0.2) is 0 Å². The highest BCUT2D eigenvalue weighted by Crippen LogP contribution is 2.16. The first-order chi connectivity index (χ1) is 13.2. The fourth-order valence-electron chi connectivity index (χ4n) is 2.52. The second-order valence-electron chi connectivity index (χ2n) is 6.10. The van der Waals surface area contributed by atoms with Crippen LogP contribution >= 0.6 is 0 Å². The normalized spacial score (nSPS) is 10.7. The summed E-state index contributed by atoms with van der Waals surface area (Å²) in [5.41, 5.74) is 3.88. The number of hydrazone groups is 1. The molecule has 1 amide bonds. The number of ether oxygens (including phenoxy) is 2. The lowest BCUT2D eigenvalue weighted by atomic mass is 10.2. The third kappa shape index (κ3) is 7.13. The van der Waals surface area contributed by atoms with Crippen molar-refractivity contribution >= 4 is 12.1 Å². The molecular weight excluding hydrogens is 340 g/mol. The molecule has 5 nitrogen and oxygen atoms in total. The summed E-state index contributed by atoms with van der Waals surface area (Å²) in [4.78, 5) is 12.2. The zero-order valence-corrected chi connectivity index (χ0v) is 16.1. The Bertz CT molecular complexity index is 727. The van der Waals surface area contributed by atoms with Gasteiger partial charge in [0.2, 0.25) is 0 Å². The van der Waals surface area contributed by atoms with E-state index in [-0.39, 0.29) is 5.91 Å². The van der Waals surface area contributed by atoms with Crippen LogP contribution in [0, 0.1) is 0 Å². The minimum absolute atomic E-state index is 0.269. The smallest absolute Gasteiger partial charge is 0.271 e. The molecule has 1 N–H and O–H groups in total. The molecule has 0 saturated heterocycles. The molecule has 2 aromatic carbocycles. The molecule has 0 aromatic heterocycles. The van der Waals surface area contributed by atoms with Crippen LogP contribution in [0.1, 0.15) is 55.5 Å². The van der Waals surface area contributed by atoms with Crippen LogP contribution in [0.3, 0.4) is 0 Å². The van der Waals surface area contributed by atoms with E-state index in [0.717, 1.165) is 23.5 Å². The van der Waals surface area contributed by atoms with Gasteiger partial charge in [0, 0.05) is 11.1 Å². The Morgan fingerprint density at radius 3 is 2.52 bits per heavy atom. The van der Waals surface area contributed by atoms with E-state index in [1.54, 1.807) is 18.3 Å². The van der Waals surface area contributed by atoms with E-state index in [0.29, 0.717) is 18.8 Å². The maximum absolute atomic E-state index is 12.2. The van der Waals surface area contributed by atoms with Crippen molar-refractivity contribution in [1.82, 2.24) is 5.43 Å². The van der Waals surface area contributed by atoms with Crippen LogP contribution in [0.2, 0.25) is 0 Å². The topological polar surface area (TPSA) is 59.9 Å². The highest BCUT2D eigenvalue weighted by molar-refractivity contribution is 5.95. The Balaban J connectivity index is 1.84. The Hall–Kier alpha value is -2.82.